The largest absolute Gasteiger partial charge is 0.381 e. The maximum absolute atomic E-state index is 6.02. The Morgan fingerprint density at radius 3 is 2.41 bits per heavy atom. The summed E-state index contributed by atoms with van der Waals surface area (Å²) in [6.07, 6.45) is 3.55. The number of ether oxygens (including phenoxy) is 1. The Morgan fingerprint density at radius 1 is 1.22 bits per heavy atom. The number of guanidine groups is 1. The van der Waals surface area contributed by atoms with Gasteiger partial charge in [-0.2, -0.15) is 0 Å². The summed E-state index contributed by atoms with van der Waals surface area (Å²) in [6, 6.07) is 8.33. The van der Waals surface area contributed by atoms with Crippen molar-refractivity contribution in [3.63, 3.8) is 0 Å². The van der Waals surface area contributed by atoms with Crippen LogP contribution in [0.1, 0.15) is 30.9 Å². The van der Waals surface area contributed by atoms with Crippen LogP contribution in [-0.2, 0) is 4.74 Å². The van der Waals surface area contributed by atoms with Gasteiger partial charge in [-0.25, -0.2) is 0 Å². The fraction of sp³-hybridized carbons (Fsp3) is 0.650. The lowest BCUT2D eigenvalue weighted by Gasteiger charge is -2.29. The Kier molecular flexibility index (Phi) is 11.6. The SMILES string of the molecule is CN=C(NCC(c1ccc(Cl)cc1)N(C)C)N(C)CCC1CCOCC1.I. The highest BCUT2D eigenvalue weighted by Crippen LogP contribution is 2.20. The van der Waals surface area contributed by atoms with Crippen LogP contribution in [0.4, 0.5) is 0 Å². The van der Waals surface area contributed by atoms with Crippen molar-refractivity contribution in [2.24, 2.45) is 10.9 Å². The predicted octanol–water partition coefficient (Wildman–Crippen LogP) is 3.88. The van der Waals surface area contributed by atoms with Gasteiger partial charge in [0.2, 0.25) is 0 Å². The first-order valence-electron chi connectivity index (χ1n) is 9.42. The van der Waals surface area contributed by atoms with Crippen molar-refractivity contribution < 1.29 is 4.74 Å². The summed E-state index contributed by atoms with van der Waals surface area (Å²) in [7, 11) is 8.15. The van der Waals surface area contributed by atoms with E-state index in [9.17, 15) is 0 Å². The second-order valence-corrected chi connectivity index (χ2v) is 7.66. The molecule has 7 heteroatoms. The van der Waals surface area contributed by atoms with E-state index in [0.29, 0.717) is 0 Å². The summed E-state index contributed by atoms with van der Waals surface area (Å²) >= 11 is 6.02. The van der Waals surface area contributed by atoms with Crippen LogP contribution < -0.4 is 5.32 Å². The molecule has 0 bridgehead atoms. The van der Waals surface area contributed by atoms with Crippen molar-refractivity contribution in [2.75, 3.05) is 54.5 Å². The minimum Gasteiger partial charge on any atom is -0.381 e. The van der Waals surface area contributed by atoms with Gasteiger partial charge < -0.3 is 19.9 Å². The maximum Gasteiger partial charge on any atom is 0.193 e. The summed E-state index contributed by atoms with van der Waals surface area (Å²) in [4.78, 5) is 8.90. The molecule has 1 aromatic carbocycles. The molecule has 1 saturated heterocycles. The van der Waals surface area contributed by atoms with Crippen LogP contribution in [0.2, 0.25) is 5.02 Å². The lowest BCUT2D eigenvalue weighted by atomic mass is 9.96. The van der Waals surface area contributed by atoms with Crippen molar-refractivity contribution in [2.45, 2.75) is 25.3 Å². The van der Waals surface area contributed by atoms with Gasteiger partial charge in [-0.3, -0.25) is 4.99 Å². The van der Waals surface area contributed by atoms with Crippen LogP contribution in [0.25, 0.3) is 0 Å². The first-order chi connectivity index (χ1) is 12.5. The third kappa shape index (κ3) is 8.13. The van der Waals surface area contributed by atoms with E-state index in [2.05, 4.69) is 53.4 Å². The minimum atomic E-state index is 0. The molecule has 27 heavy (non-hydrogen) atoms. The summed E-state index contributed by atoms with van der Waals surface area (Å²) in [5.41, 5.74) is 1.24. The van der Waals surface area contributed by atoms with Gasteiger partial charge in [0.05, 0.1) is 6.04 Å². The summed E-state index contributed by atoms with van der Waals surface area (Å²) in [5, 5.41) is 4.29. The molecule has 1 N–H and O–H groups in total. The summed E-state index contributed by atoms with van der Waals surface area (Å²) in [5.74, 6) is 1.71. The van der Waals surface area contributed by atoms with E-state index in [1.807, 2.05) is 19.2 Å². The van der Waals surface area contributed by atoms with Crippen LogP contribution in [0.3, 0.4) is 0 Å². The van der Waals surface area contributed by atoms with Crippen molar-refractivity contribution in [1.29, 1.82) is 0 Å². The third-order valence-electron chi connectivity index (χ3n) is 5.12. The number of halogens is 2. The Labute approximate surface area is 186 Å². The number of nitrogens with one attached hydrogen (secondary N) is 1. The monoisotopic (exact) mass is 508 g/mol. The fourth-order valence-corrected chi connectivity index (χ4v) is 3.50. The first-order valence-corrected chi connectivity index (χ1v) is 9.80. The van der Waals surface area contributed by atoms with Crippen molar-refractivity contribution in [1.82, 2.24) is 15.1 Å². The van der Waals surface area contributed by atoms with Crippen LogP contribution >= 0.6 is 35.6 Å². The molecule has 0 amide bonds. The second kappa shape index (κ2) is 12.8. The average Bonchev–Trinajstić information content (AvgIpc) is 2.65. The minimum absolute atomic E-state index is 0. The molecule has 1 aliphatic heterocycles. The topological polar surface area (TPSA) is 40.1 Å². The number of likely N-dealkylation sites (N-methyl/N-ethyl adjacent to an activating group) is 1. The zero-order valence-electron chi connectivity index (χ0n) is 16.9. The molecule has 0 aliphatic carbocycles. The van der Waals surface area contributed by atoms with Gasteiger partial charge >= 0.3 is 0 Å². The quantitative estimate of drug-likeness (QED) is 0.345. The molecule has 2 rings (SSSR count). The number of hydrogen-bond acceptors (Lipinski definition) is 3. The second-order valence-electron chi connectivity index (χ2n) is 7.23. The zero-order chi connectivity index (χ0) is 18.9. The van der Waals surface area contributed by atoms with E-state index in [4.69, 9.17) is 16.3 Å². The summed E-state index contributed by atoms with van der Waals surface area (Å²) in [6.45, 7) is 3.63. The highest BCUT2D eigenvalue weighted by molar-refractivity contribution is 14.0. The number of rotatable bonds is 7. The molecular weight excluding hydrogens is 475 g/mol. The van der Waals surface area contributed by atoms with Crippen LogP contribution in [0, 0.1) is 5.92 Å². The van der Waals surface area contributed by atoms with E-state index < -0.39 is 0 Å². The summed E-state index contributed by atoms with van der Waals surface area (Å²) < 4.78 is 5.45. The molecule has 0 spiro atoms. The Hall–Kier alpha value is -0.570. The number of aliphatic imine (C=N–C) groups is 1. The van der Waals surface area contributed by atoms with Crippen LogP contribution in [-0.4, -0.2) is 70.3 Å². The lowest BCUT2D eigenvalue weighted by molar-refractivity contribution is 0.0625. The number of benzene rings is 1. The predicted molar refractivity (Wildman–Crippen MR) is 125 cm³/mol. The molecule has 0 aromatic heterocycles. The number of nitrogens with zero attached hydrogens (tertiary/aromatic N) is 3. The zero-order valence-corrected chi connectivity index (χ0v) is 20.0. The molecule has 5 nitrogen and oxygen atoms in total. The van der Waals surface area contributed by atoms with Crippen LogP contribution in [0.5, 0.6) is 0 Å². The van der Waals surface area contributed by atoms with Gasteiger partial charge in [-0.15, -0.1) is 24.0 Å². The van der Waals surface area contributed by atoms with Gasteiger partial charge in [-0.05, 0) is 57.0 Å². The van der Waals surface area contributed by atoms with E-state index in [1.165, 1.54) is 24.8 Å². The third-order valence-corrected chi connectivity index (χ3v) is 5.37. The maximum atomic E-state index is 6.02. The highest BCUT2D eigenvalue weighted by Gasteiger charge is 2.18. The fourth-order valence-electron chi connectivity index (χ4n) is 3.37. The van der Waals surface area contributed by atoms with Gasteiger partial charge in [-0.1, -0.05) is 23.7 Å². The van der Waals surface area contributed by atoms with Gasteiger partial charge in [0.1, 0.15) is 0 Å². The number of hydrogen-bond donors (Lipinski definition) is 1. The van der Waals surface area contributed by atoms with Crippen LogP contribution in [0.15, 0.2) is 29.3 Å². The molecule has 1 heterocycles. The first kappa shape index (κ1) is 24.5. The molecular formula is C20H34ClIN4O. The average molecular weight is 509 g/mol. The molecule has 1 unspecified atom stereocenters. The van der Waals surface area contributed by atoms with E-state index in [-0.39, 0.29) is 30.0 Å². The molecule has 1 aromatic rings. The highest BCUT2D eigenvalue weighted by atomic mass is 127. The Bertz CT molecular complexity index is 562. The Morgan fingerprint density at radius 2 is 1.85 bits per heavy atom. The van der Waals surface area contributed by atoms with Gasteiger partial charge in [0.25, 0.3) is 0 Å². The molecule has 1 fully saturated rings. The lowest BCUT2D eigenvalue weighted by Crippen LogP contribution is -2.43. The van der Waals surface area contributed by atoms with E-state index in [0.717, 1.165) is 43.2 Å². The van der Waals surface area contributed by atoms with Gasteiger partial charge in [0, 0.05) is 45.4 Å². The van der Waals surface area contributed by atoms with E-state index in [1.54, 1.807) is 0 Å². The normalized spacial score (nSPS) is 16.7. The molecule has 0 radical (unpaired) electrons. The van der Waals surface area contributed by atoms with Crippen molar-refractivity contribution >= 4 is 41.5 Å². The van der Waals surface area contributed by atoms with Gasteiger partial charge in [0.15, 0.2) is 5.96 Å². The standard InChI is InChI=1S/C20H33ClN4O.HI/c1-22-20(25(4)12-9-16-10-13-26-14-11-16)23-15-19(24(2)3)17-5-7-18(21)8-6-17;/h5-8,16,19H,9-15H2,1-4H3,(H,22,23);1H. The Balaban J connectivity index is 0.00000364. The van der Waals surface area contributed by atoms with Crippen molar-refractivity contribution in [3.8, 4) is 0 Å². The smallest absolute Gasteiger partial charge is 0.193 e. The molecule has 154 valence electrons. The molecule has 0 saturated carbocycles. The molecule has 1 aliphatic rings. The van der Waals surface area contributed by atoms with E-state index >= 15 is 0 Å². The molecule has 1 atom stereocenters. The van der Waals surface area contributed by atoms with Crippen molar-refractivity contribution in [3.05, 3.63) is 34.9 Å².